The van der Waals surface area contributed by atoms with E-state index in [4.69, 9.17) is 16.6 Å². The Labute approximate surface area is 169 Å². The van der Waals surface area contributed by atoms with Gasteiger partial charge in [0, 0.05) is 38.6 Å². The fourth-order valence-corrected chi connectivity index (χ4v) is 4.66. The second-order valence-corrected chi connectivity index (χ2v) is 8.43. The molecule has 7 nitrogen and oxygen atoms in total. The maximum atomic E-state index is 6.18. The highest BCUT2D eigenvalue weighted by Crippen LogP contribution is 2.31. The highest BCUT2D eigenvalue weighted by molar-refractivity contribution is 6.30. The zero-order chi connectivity index (χ0) is 19.1. The van der Waals surface area contributed by atoms with E-state index >= 15 is 0 Å². The normalized spacial score (nSPS) is 23.6. The summed E-state index contributed by atoms with van der Waals surface area (Å²) in [7, 11) is 0. The Balaban J connectivity index is 1.45. The van der Waals surface area contributed by atoms with Crippen LogP contribution in [-0.4, -0.2) is 45.5 Å². The molecule has 28 heavy (non-hydrogen) atoms. The fourth-order valence-electron chi connectivity index (χ4n) is 4.50. The average Bonchev–Trinajstić information content (AvgIpc) is 3.37. The van der Waals surface area contributed by atoms with Gasteiger partial charge in [0.2, 0.25) is 5.95 Å². The molecule has 3 aromatic rings. The summed E-state index contributed by atoms with van der Waals surface area (Å²) in [4.78, 5) is 16.3. The lowest BCUT2D eigenvalue weighted by Crippen LogP contribution is -2.44. The molecule has 2 N–H and O–H groups in total. The minimum Gasteiger partial charge on any atom is -0.340 e. The smallest absolute Gasteiger partial charge is 0.225 e. The number of hydrazine groups is 1. The van der Waals surface area contributed by atoms with Gasteiger partial charge in [-0.15, -0.1) is 0 Å². The van der Waals surface area contributed by atoms with Crippen molar-refractivity contribution in [3.63, 3.8) is 0 Å². The molecule has 2 saturated heterocycles. The SMILES string of the molecule is C[C@@H]1C[C@@H](C2CNNC2)CN(c2nccc(-c3cnc4ccc(Cl)cn34)n2)C1. The van der Waals surface area contributed by atoms with E-state index in [1.165, 1.54) is 6.42 Å². The summed E-state index contributed by atoms with van der Waals surface area (Å²) >= 11 is 6.18. The number of fused-ring (bicyclic) bond motifs is 1. The number of hydrogen-bond donors (Lipinski definition) is 2. The Hall–Kier alpha value is -2.22. The van der Waals surface area contributed by atoms with Crippen LogP contribution in [-0.2, 0) is 0 Å². The third kappa shape index (κ3) is 3.34. The number of halogens is 1. The molecule has 0 amide bonds. The van der Waals surface area contributed by atoms with Crippen molar-refractivity contribution in [1.29, 1.82) is 0 Å². The number of anilines is 1. The molecule has 5 heterocycles. The number of aromatic nitrogens is 4. The van der Waals surface area contributed by atoms with Gasteiger partial charge in [0.15, 0.2) is 0 Å². The summed E-state index contributed by atoms with van der Waals surface area (Å²) in [6, 6.07) is 5.69. The summed E-state index contributed by atoms with van der Waals surface area (Å²) < 4.78 is 1.98. The highest BCUT2D eigenvalue weighted by Gasteiger charge is 2.33. The van der Waals surface area contributed by atoms with Crippen molar-refractivity contribution >= 4 is 23.2 Å². The minimum absolute atomic E-state index is 0.626. The van der Waals surface area contributed by atoms with Crippen LogP contribution in [0.15, 0.2) is 36.8 Å². The number of nitrogens with zero attached hydrogens (tertiary/aromatic N) is 5. The first kappa shape index (κ1) is 17.8. The predicted octanol–water partition coefficient (Wildman–Crippen LogP) is 2.63. The molecule has 0 bridgehead atoms. The maximum Gasteiger partial charge on any atom is 0.225 e. The molecule has 0 unspecified atom stereocenters. The first-order chi connectivity index (χ1) is 13.7. The van der Waals surface area contributed by atoms with Gasteiger partial charge in [-0.3, -0.25) is 15.3 Å². The van der Waals surface area contributed by atoms with Crippen LogP contribution in [0.3, 0.4) is 0 Å². The third-order valence-corrected chi connectivity index (χ3v) is 6.09. The lowest BCUT2D eigenvalue weighted by atomic mass is 9.82. The number of piperidine rings is 1. The van der Waals surface area contributed by atoms with Crippen LogP contribution in [0.1, 0.15) is 13.3 Å². The first-order valence-electron chi connectivity index (χ1n) is 9.84. The summed E-state index contributed by atoms with van der Waals surface area (Å²) in [5.74, 6) is 2.73. The Morgan fingerprint density at radius 2 is 1.93 bits per heavy atom. The van der Waals surface area contributed by atoms with E-state index in [9.17, 15) is 0 Å². The van der Waals surface area contributed by atoms with E-state index < -0.39 is 0 Å². The lowest BCUT2D eigenvalue weighted by molar-refractivity contribution is 0.262. The molecule has 146 valence electrons. The maximum absolute atomic E-state index is 6.18. The quantitative estimate of drug-likeness (QED) is 0.708. The van der Waals surface area contributed by atoms with E-state index in [0.29, 0.717) is 22.8 Å². The predicted molar refractivity (Wildman–Crippen MR) is 110 cm³/mol. The van der Waals surface area contributed by atoms with Gasteiger partial charge in [-0.05, 0) is 42.4 Å². The van der Waals surface area contributed by atoms with Gasteiger partial charge in [0.25, 0.3) is 0 Å². The van der Waals surface area contributed by atoms with Crippen molar-refractivity contribution in [1.82, 2.24) is 30.2 Å². The van der Waals surface area contributed by atoms with E-state index in [2.05, 4.69) is 32.6 Å². The average molecular weight is 398 g/mol. The molecule has 0 aromatic carbocycles. The zero-order valence-electron chi connectivity index (χ0n) is 15.8. The zero-order valence-corrected chi connectivity index (χ0v) is 16.6. The Kier molecular flexibility index (Phi) is 4.66. The second kappa shape index (κ2) is 7.31. The van der Waals surface area contributed by atoms with Gasteiger partial charge in [0.05, 0.1) is 22.6 Å². The van der Waals surface area contributed by atoms with Crippen molar-refractivity contribution in [3.8, 4) is 11.4 Å². The lowest BCUT2D eigenvalue weighted by Gasteiger charge is -2.38. The monoisotopic (exact) mass is 397 g/mol. The van der Waals surface area contributed by atoms with Gasteiger partial charge in [0.1, 0.15) is 5.65 Å². The van der Waals surface area contributed by atoms with Gasteiger partial charge < -0.3 is 4.90 Å². The molecule has 8 heteroatoms. The molecule has 0 radical (unpaired) electrons. The Morgan fingerprint density at radius 1 is 1.07 bits per heavy atom. The molecule has 5 rings (SSSR count). The fraction of sp³-hybridized carbons (Fsp3) is 0.450. The summed E-state index contributed by atoms with van der Waals surface area (Å²) in [6.45, 7) is 6.39. The van der Waals surface area contributed by atoms with E-state index in [1.54, 1.807) is 0 Å². The van der Waals surface area contributed by atoms with Crippen LogP contribution < -0.4 is 15.8 Å². The van der Waals surface area contributed by atoms with Crippen molar-refractivity contribution in [2.75, 3.05) is 31.1 Å². The van der Waals surface area contributed by atoms with Crippen LogP contribution in [0, 0.1) is 17.8 Å². The molecule has 0 saturated carbocycles. The summed E-state index contributed by atoms with van der Waals surface area (Å²) in [5.41, 5.74) is 9.17. The van der Waals surface area contributed by atoms with Crippen LogP contribution >= 0.6 is 11.6 Å². The molecule has 2 atom stereocenters. The minimum atomic E-state index is 0.626. The largest absolute Gasteiger partial charge is 0.340 e. The van der Waals surface area contributed by atoms with Crippen LogP contribution in [0.25, 0.3) is 17.0 Å². The van der Waals surface area contributed by atoms with Crippen molar-refractivity contribution in [2.45, 2.75) is 13.3 Å². The van der Waals surface area contributed by atoms with Crippen LogP contribution in [0.2, 0.25) is 5.02 Å². The van der Waals surface area contributed by atoms with E-state index in [1.807, 2.05) is 41.2 Å². The standard InChI is InChI=1S/C20H24ClN7/c1-13-6-14(15-7-24-25-8-15)11-27(10-13)20-22-5-4-17(26-20)18-9-23-19-3-2-16(21)12-28(18)19/h2-5,9,12-15,24-25H,6-8,10-11H2,1H3/t13-,14-/m1/s1. The third-order valence-electron chi connectivity index (χ3n) is 5.87. The van der Waals surface area contributed by atoms with E-state index in [-0.39, 0.29) is 0 Å². The first-order valence-corrected chi connectivity index (χ1v) is 10.2. The van der Waals surface area contributed by atoms with Crippen molar-refractivity contribution in [3.05, 3.63) is 41.8 Å². The summed E-state index contributed by atoms with van der Waals surface area (Å²) in [5, 5.41) is 0.674. The van der Waals surface area contributed by atoms with Crippen LogP contribution in [0.4, 0.5) is 5.95 Å². The number of imidazole rings is 1. The topological polar surface area (TPSA) is 70.4 Å². The highest BCUT2D eigenvalue weighted by atomic mass is 35.5. The molecule has 2 aliphatic heterocycles. The number of pyridine rings is 1. The molecule has 3 aromatic heterocycles. The van der Waals surface area contributed by atoms with Gasteiger partial charge >= 0.3 is 0 Å². The molecule has 2 fully saturated rings. The molecular weight excluding hydrogens is 374 g/mol. The molecular formula is C20H24ClN7. The number of rotatable bonds is 3. The van der Waals surface area contributed by atoms with Gasteiger partial charge in [-0.25, -0.2) is 15.0 Å². The molecule has 2 aliphatic rings. The summed E-state index contributed by atoms with van der Waals surface area (Å²) in [6.07, 6.45) is 6.82. The van der Waals surface area contributed by atoms with Gasteiger partial charge in [-0.2, -0.15) is 0 Å². The molecule has 0 spiro atoms. The van der Waals surface area contributed by atoms with Gasteiger partial charge in [-0.1, -0.05) is 18.5 Å². The Bertz CT molecular complexity index is 982. The van der Waals surface area contributed by atoms with Crippen LogP contribution in [0.5, 0.6) is 0 Å². The van der Waals surface area contributed by atoms with Crippen molar-refractivity contribution < 1.29 is 0 Å². The van der Waals surface area contributed by atoms with E-state index in [0.717, 1.165) is 49.2 Å². The molecule has 0 aliphatic carbocycles. The number of nitrogens with one attached hydrogen (secondary N) is 2. The Morgan fingerprint density at radius 3 is 2.79 bits per heavy atom. The second-order valence-electron chi connectivity index (χ2n) is 7.99. The van der Waals surface area contributed by atoms with Crippen molar-refractivity contribution in [2.24, 2.45) is 17.8 Å². The number of hydrogen-bond acceptors (Lipinski definition) is 6.